The standard InChI is InChI=1S/C6H4N6O2/c13-6(14)4-1-8-5(2-7-4)12-3-9-10-11-12/h1-3H,(H,13,14). The van der Waals surface area contributed by atoms with E-state index in [9.17, 15) is 4.79 Å². The summed E-state index contributed by atoms with van der Waals surface area (Å²) < 4.78 is 1.28. The number of nitrogens with zero attached hydrogens (tertiary/aromatic N) is 6. The monoisotopic (exact) mass is 192 g/mol. The van der Waals surface area contributed by atoms with Gasteiger partial charge in [0, 0.05) is 0 Å². The normalized spacial score (nSPS) is 10.0. The second kappa shape index (κ2) is 3.17. The maximum Gasteiger partial charge on any atom is 0.356 e. The number of carbonyl (C=O) groups is 1. The van der Waals surface area contributed by atoms with Crippen LogP contribution in [0, 0.1) is 0 Å². The van der Waals surface area contributed by atoms with Crippen molar-refractivity contribution < 1.29 is 9.90 Å². The van der Waals surface area contributed by atoms with E-state index in [-0.39, 0.29) is 5.69 Å². The van der Waals surface area contributed by atoms with Gasteiger partial charge < -0.3 is 5.11 Å². The van der Waals surface area contributed by atoms with Gasteiger partial charge in [-0.05, 0) is 10.4 Å². The van der Waals surface area contributed by atoms with Crippen molar-refractivity contribution in [1.82, 2.24) is 30.2 Å². The first-order valence-corrected chi connectivity index (χ1v) is 3.56. The molecule has 2 heterocycles. The zero-order valence-corrected chi connectivity index (χ0v) is 6.77. The first kappa shape index (κ1) is 8.23. The Morgan fingerprint density at radius 3 is 2.71 bits per heavy atom. The molecule has 0 amide bonds. The second-order valence-electron chi connectivity index (χ2n) is 2.32. The van der Waals surface area contributed by atoms with Crippen LogP contribution in [0.2, 0.25) is 0 Å². The molecule has 2 rings (SSSR count). The summed E-state index contributed by atoms with van der Waals surface area (Å²) in [6.07, 6.45) is 3.75. The topological polar surface area (TPSA) is 107 Å². The number of aromatic carboxylic acids is 1. The molecule has 8 heteroatoms. The molecule has 0 unspecified atom stereocenters. The number of carboxylic acids is 1. The van der Waals surface area contributed by atoms with E-state index in [1.165, 1.54) is 17.2 Å². The van der Waals surface area contributed by atoms with Crippen LogP contribution in [-0.2, 0) is 0 Å². The molecule has 1 N–H and O–H groups in total. The molecule has 0 spiro atoms. The molecule has 70 valence electrons. The summed E-state index contributed by atoms with van der Waals surface area (Å²) >= 11 is 0. The van der Waals surface area contributed by atoms with Crippen molar-refractivity contribution >= 4 is 5.97 Å². The minimum absolute atomic E-state index is 0.123. The Morgan fingerprint density at radius 2 is 2.21 bits per heavy atom. The van der Waals surface area contributed by atoms with Crippen molar-refractivity contribution in [3.8, 4) is 5.82 Å². The third-order valence-electron chi connectivity index (χ3n) is 1.44. The molecule has 0 aromatic carbocycles. The molecule has 0 saturated carbocycles. The highest BCUT2D eigenvalue weighted by Crippen LogP contribution is 1.98. The minimum atomic E-state index is -1.12. The summed E-state index contributed by atoms with van der Waals surface area (Å²) in [5, 5.41) is 18.9. The van der Waals surface area contributed by atoms with Crippen LogP contribution in [0.25, 0.3) is 5.82 Å². The number of aromatic nitrogens is 6. The van der Waals surface area contributed by atoms with Gasteiger partial charge in [0.15, 0.2) is 11.5 Å². The van der Waals surface area contributed by atoms with E-state index in [0.29, 0.717) is 5.82 Å². The van der Waals surface area contributed by atoms with Crippen LogP contribution in [0.5, 0.6) is 0 Å². The van der Waals surface area contributed by atoms with Crippen LogP contribution in [0.1, 0.15) is 10.5 Å². The van der Waals surface area contributed by atoms with E-state index in [0.717, 1.165) is 6.20 Å². The van der Waals surface area contributed by atoms with Gasteiger partial charge in [0.1, 0.15) is 6.33 Å². The van der Waals surface area contributed by atoms with E-state index in [4.69, 9.17) is 5.11 Å². The highest BCUT2D eigenvalue weighted by Gasteiger charge is 2.05. The van der Waals surface area contributed by atoms with E-state index in [1.807, 2.05) is 0 Å². The van der Waals surface area contributed by atoms with Gasteiger partial charge in [-0.2, -0.15) is 4.68 Å². The third kappa shape index (κ3) is 1.40. The Kier molecular flexibility index (Phi) is 1.86. The summed E-state index contributed by atoms with van der Waals surface area (Å²) in [7, 11) is 0. The van der Waals surface area contributed by atoms with Crippen molar-refractivity contribution in [2.75, 3.05) is 0 Å². The molecule has 0 aliphatic heterocycles. The Labute approximate surface area is 77.2 Å². The summed E-state index contributed by atoms with van der Waals surface area (Å²) in [5.74, 6) is -0.763. The van der Waals surface area contributed by atoms with E-state index < -0.39 is 5.97 Å². The first-order valence-electron chi connectivity index (χ1n) is 3.56. The number of hydrogen-bond acceptors (Lipinski definition) is 6. The lowest BCUT2D eigenvalue weighted by molar-refractivity contribution is 0.0690. The fraction of sp³-hybridized carbons (Fsp3) is 0. The van der Waals surface area contributed by atoms with Gasteiger partial charge in [0.05, 0.1) is 12.4 Å². The number of rotatable bonds is 2. The van der Waals surface area contributed by atoms with Gasteiger partial charge in [0.2, 0.25) is 0 Å². The quantitative estimate of drug-likeness (QED) is 0.660. The predicted octanol–water partition coefficient (Wildman–Crippen LogP) is -0.850. The molecule has 14 heavy (non-hydrogen) atoms. The van der Waals surface area contributed by atoms with Crippen LogP contribution in [-0.4, -0.2) is 41.3 Å². The number of carboxylic acid groups (broad SMARTS) is 1. The fourth-order valence-electron chi connectivity index (χ4n) is 0.816. The highest BCUT2D eigenvalue weighted by atomic mass is 16.4. The van der Waals surface area contributed by atoms with Crippen molar-refractivity contribution in [2.45, 2.75) is 0 Å². The number of hydrogen-bond donors (Lipinski definition) is 1. The SMILES string of the molecule is O=C(O)c1cnc(-n2cnnn2)cn1. The molecular formula is C6H4N6O2. The lowest BCUT2D eigenvalue weighted by Gasteiger charge is -1.96. The van der Waals surface area contributed by atoms with Gasteiger partial charge in [-0.1, -0.05) is 0 Å². The average Bonchev–Trinajstić information content (AvgIpc) is 2.71. The molecular weight excluding hydrogens is 188 g/mol. The molecule has 0 aliphatic rings. The smallest absolute Gasteiger partial charge is 0.356 e. The third-order valence-corrected chi connectivity index (χ3v) is 1.44. The summed E-state index contributed by atoms with van der Waals surface area (Å²) in [6, 6.07) is 0. The zero-order valence-electron chi connectivity index (χ0n) is 6.77. The Hall–Kier alpha value is -2.38. The van der Waals surface area contributed by atoms with Crippen molar-refractivity contribution in [3.63, 3.8) is 0 Å². The van der Waals surface area contributed by atoms with Crippen molar-refractivity contribution in [1.29, 1.82) is 0 Å². The molecule has 8 nitrogen and oxygen atoms in total. The maximum absolute atomic E-state index is 10.4. The predicted molar refractivity (Wildman–Crippen MR) is 41.7 cm³/mol. The zero-order chi connectivity index (χ0) is 9.97. The summed E-state index contributed by atoms with van der Waals surface area (Å²) in [6.45, 7) is 0. The van der Waals surface area contributed by atoms with E-state index in [1.54, 1.807) is 0 Å². The number of tetrazole rings is 1. The fourth-order valence-corrected chi connectivity index (χ4v) is 0.816. The molecule has 0 aliphatic carbocycles. The molecule has 0 bridgehead atoms. The maximum atomic E-state index is 10.4. The Morgan fingerprint density at radius 1 is 1.36 bits per heavy atom. The summed E-state index contributed by atoms with van der Waals surface area (Å²) in [5.41, 5.74) is -0.123. The van der Waals surface area contributed by atoms with Crippen LogP contribution in [0.4, 0.5) is 0 Å². The van der Waals surface area contributed by atoms with Crippen molar-refractivity contribution in [3.05, 3.63) is 24.4 Å². The Bertz CT molecular complexity index is 436. The van der Waals surface area contributed by atoms with Crippen LogP contribution >= 0.6 is 0 Å². The average molecular weight is 192 g/mol. The lowest BCUT2D eigenvalue weighted by Crippen LogP contribution is -2.04. The molecule has 2 aromatic heterocycles. The van der Waals surface area contributed by atoms with Gasteiger partial charge >= 0.3 is 5.97 Å². The largest absolute Gasteiger partial charge is 0.476 e. The minimum Gasteiger partial charge on any atom is -0.476 e. The molecule has 0 radical (unpaired) electrons. The van der Waals surface area contributed by atoms with Crippen LogP contribution in [0.15, 0.2) is 18.7 Å². The van der Waals surface area contributed by atoms with Crippen LogP contribution < -0.4 is 0 Å². The Balaban J connectivity index is 2.36. The highest BCUT2D eigenvalue weighted by molar-refractivity contribution is 5.84. The van der Waals surface area contributed by atoms with Crippen LogP contribution in [0.3, 0.4) is 0 Å². The first-order chi connectivity index (χ1) is 6.77. The van der Waals surface area contributed by atoms with E-state index in [2.05, 4.69) is 25.5 Å². The molecule has 2 aromatic rings. The van der Waals surface area contributed by atoms with Gasteiger partial charge in [-0.15, -0.1) is 5.10 Å². The summed E-state index contributed by atoms with van der Waals surface area (Å²) in [4.78, 5) is 17.9. The molecule has 0 saturated heterocycles. The molecule has 0 fully saturated rings. The second-order valence-corrected chi connectivity index (χ2v) is 2.32. The molecule has 0 atom stereocenters. The van der Waals surface area contributed by atoms with Crippen molar-refractivity contribution in [2.24, 2.45) is 0 Å². The van der Waals surface area contributed by atoms with Gasteiger partial charge in [-0.3, -0.25) is 0 Å². The van der Waals surface area contributed by atoms with Gasteiger partial charge in [0.25, 0.3) is 0 Å². The lowest BCUT2D eigenvalue weighted by atomic mass is 10.4. The van der Waals surface area contributed by atoms with E-state index >= 15 is 0 Å². The van der Waals surface area contributed by atoms with Gasteiger partial charge in [-0.25, -0.2) is 14.8 Å².